The van der Waals surface area contributed by atoms with E-state index in [4.69, 9.17) is 4.74 Å². The molecule has 28 heavy (non-hydrogen) atoms. The maximum Gasteiger partial charge on any atom is 0.251 e. The molecule has 0 aliphatic rings. The standard InChI is InChI=1S/C23H30N2O3/c1-14(2)21(25-22(26)18-9-7-8-15(3)12-18)23(27)24-17(5)19-13-16(4)10-11-20(19)28-6/h7-14,17,21H,1-6H3,(H,24,27)(H,25,26). The zero-order valence-corrected chi connectivity index (χ0v) is 17.5. The van der Waals surface area contributed by atoms with Gasteiger partial charge < -0.3 is 15.4 Å². The Hall–Kier alpha value is -2.82. The monoisotopic (exact) mass is 382 g/mol. The van der Waals surface area contributed by atoms with E-state index in [-0.39, 0.29) is 23.8 Å². The molecule has 2 rings (SSSR count). The van der Waals surface area contributed by atoms with E-state index in [0.29, 0.717) is 5.56 Å². The SMILES string of the molecule is COc1ccc(C)cc1C(C)NC(=O)C(NC(=O)c1cccc(C)c1)C(C)C. The molecule has 0 saturated heterocycles. The van der Waals surface area contributed by atoms with Crippen LogP contribution in [0.25, 0.3) is 0 Å². The number of methoxy groups -OCH3 is 1. The normalized spacial score (nSPS) is 13.0. The van der Waals surface area contributed by atoms with E-state index in [2.05, 4.69) is 10.6 Å². The second-order valence-corrected chi connectivity index (χ2v) is 7.54. The average Bonchev–Trinajstić information content (AvgIpc) is 2.65. The molecular formula is C23H30N2O3. The summed E-state index contributed by atoms with van der Waals surface area (Å²) in [4.78, 5) is 25.5. The van der Waals surface area contributed by atoms with Gasteiger partial charge in [-0.05, 0) is 44.9 Å². The fraction of sp³-hybridized carbons (Fsp3) is 0.391. The number of aryl methyl sites for hydroxylation is 2. The van der Waals surface area contributed by atoms with Crippen LogP contribution in [0.15, 0.2) is 42.5 Å². The number of nitrogens with one attached hydrogen (secondary N) is 2. The van der Waals surface area contributed by atoms with E-state index in [0.717, 1.165) is 22.4 Å². The van der Waals surface area contributed by atoms with E-state index in [1.165, 1.54) is 0 Å². The Morgan fingerprint density at radius 2 is 1.61 bits per heavy atom. The minimum Gasteiger partial charge on any atom is -0.496 e. The van der Waals surface area contributed by atoms with Crippen LogP contribution in [0.2, 0.25) is 0 Å². The largest absolute Gasteiger partial charge is 0.496 e. The van der Waals surface area contributed by atoms with Crippen LogP contribution >= 0.6 is 0 Å². The molecule has 2 amide bonds. The van der Waals surface area contributed by atoms with Crippen molar-refractivity contribution in [2.75, 3.05) is 7.11 Å². The maximum atomic E-state index is 12.9. The lowest BCUT2D eigenvalue weighted by molar-refractivity contribution is -0.124. The first kappa shape index (κ1) is 21.5. The zero-order chi connectivity index (χ0) is 20.8. The van der Waals surface area contributed by atoms with Crippen LogP contribution in [0.5, 0.6) is 5.75 Å². The number of hydrogen-bond donors (Lipinski definition) is 2. The molecule has 2 aromatic rings. The summed E-state index contributed by atoms with van der Waals surface area (Å²) in [5.41, 5.74) is 3.54. The van der Waals surface area contributed by atoms with Gasteiger partial charge in [0, 0.05) is 11.1 Å². The van der Waals surface area contributed by atoms with Gasteiger partial charge in [0.25, 0.3) is 5.91 Å². The first-order valence-corrected chi connectivity index (χ1v) is 9.55. The van der Waals surface area contributed by atoms with Crippen LogP contribution in [0.3, 0.4) is 0 Å². The molecule has 2 unspecified atom stereocenters. The van der Waals surface area contributed by atoms with Crippen molar-refractivity contribution in [3.8, 4) is 5.75 Å². The van der Waals surface area contributed by atoms with Crippen LogP contribution in [0.1, 0.15) is 53.9 Å². The first-order chi connectivity index (χ1) is 13.2. The highest BCUT2D eigenvalue weighted by Gasteiger charge is 2.26. The Kier molecular flexibility index (Phi) is 7.21. The molecule has 0 bridgehead atoms. The molecule has 2 aromatic carbocycles. The smallest absolute Gasteiger partial charge is 0.251 e. The number of carbonyl (C=O) groups excluding carboxylic acids is 2. The maximum absolute atomic E-state index is 12.9. The van der Waals surface area contributed by atoms with Gasteiger partial charge in [-0.3, -0.25) is 9.59 Å². The molecule has 0 aliphatic heterocycles. The summed E-state index contributed by atoms with van der Waals surface area (Å²) >= 11 is 0. The lowest BCUT2D eigenvalue weighted by atomic mass is 10.00. The summed E-state index contributed by atoms with van der Waals surface area (Å²) in [5, 5.41) is 5.89. The quantitative estimate of drug-likeness (QED) is 0.762. The van der Waals surface area contributed by atoms with Gasteiger partial charge in [-0.25, -0.2) is 0 Å². The number of hydrogen-bond acceptors (Lipinski definition) is 3. The summed E-state index contributed by atoms with van der Waals surface area (Å²) in [6.07, 6.45) is 0. The second kappa shape index (κ2) is 9.40. The highest BCUT2D eigenvalue weighted by atomic mass is 16.5. The molecular weight excluding hydrogens is 352 g/mol. The summed E-state index contributed by atoms with van der Waals surface area (Å²) in [7, 11) is 1.61. The molecule has 0 saturated carbocycles. The van der Waals surface area contributed by atoms with Gasteiger partial charge in [0.15, 0.2) is 0 Å². The fourth-order valence-electron chi connectivity index (χ4n) is 3.12. The summed E-state index contributed by atoms with van der Waals surface area (Å²) in [6.45, 7) is 9.67. The molecule has 0 radical (unpaired) electrons. The van der Waals surface area contributed by atoms with Crippen molar-refractivity contribution in [2.24, 2.45) is 5.92 Å². The predicted molar refractivity (Wildman–Crippen MR) is 112 cm³/mol. The van der Waals surface area contributed by atoms with Crippen molar-refractivity contribution in [2.45, 2.75) is 46.7 Å². The Bertz CT molecular complexity index is 845. The number of ether oxygens (including phenoxy) is 1. The molecule has 2 atom stereocenters. The summed E-state index contributed by atoms with van der Waals surface area (Å²) in [6, 6.07) is 12.3. The van der Waals surface area contributed by atoms with Crippen molar-refractivity contribution >= 4 is 11.8 Å². The van der Waals surface area contributed by atoms with Crippen molar-refractivity contribution in [3.05, 3.63) is 64.7 Å². The van der Waals surface area contributed by atoms with Crippen LogP contribution in [0, 0.1) is 19.8 Å². The number of rotatable bonds is 7. The molecule has 2 N–H and O–H groups in total. The van der Waals surface area contributed by atoms with Crippen molar-refractivity contribution in [1.29, 1.82) is 0 Å². The van der Waals surface area contributed by atoms with Gasteiger partial charge in [-0.2, -0.15) is 0 Å². The predicted octanol–water partition coefficient (Wildman–Crippen LogP) is 3.94. The molecule has 0 aliphatic carbocycles. The fourth-order valence-corrected chi connectivity index (χ4v) is 3.12. The van der Waals surface area contributed by atoms with Crippen molar-refractivity contribution in [3.63, 3.8) is 0 Å². The van der Waals surface area contributed by atoms with Crippen LogP contribution < -0.4 is 15.4 Å². The number of amides is 2. The average molecular weight is 383 g/mol. The van der Waals surface area contributed by atoms with Gasteiger partial charge in [0.1, 0.15) is 11.8 Å². The van der Waals surface area contributed by atoms with E-state index >= 15 is 0 Å². The molecule has 5 nitrogen and oxygen atoms in total. The van der Waals surface area contributed by atoms with Gasteiger partial charge in [-0.1, -0.05) is 49.2 Å². The van der Waals surface area contributed by atoms with Crippen LogP contribution in [-0.4, -0.2) is 25.0 Å². The first-order valence-electron chi connectivity index (χ1n) is 9.55. The number of carbonyl (C=O) groups is 2. The third kappa shape index (κ3) is 5.35. The minimum atomic E-state index is -0.633. The third-order valence-electron chi connectivity index (χ3n) is 4.73. The molecule has 0 aromatic heterocycles. The van der Waals surface area contributed by atoms with E-state index < -0.39 is 6.04 Å². The van der Waals surface area contributed by atoms with Gasteiger partial charge in [0.2, 0.25) is 5.91 Å². The highest BCUT2D eigenvalue weighted by molar-refractivity contribution is 5.97. The second-order valence-electron chi connectivity index (χ2n) is 7.54. The molecule has 0 spiro atoms. The van der Waals surface area contributed by atoms with Gasteiger partial charge in [0.05, 0.1) is 13.2 Å². The van der Waals surface area contributed by atoms with E-state index in [9.17, 15) is 9.59 Å². The Labute approximate surface area is 167 Å². The third-order valence-corrected chi connectivity index (χ3v) is 4.73. The Morgan fingerprint density at radius 1 is 0.929 bits per heavy atom. The van der Waals surface area contributed by atoms with Crippen LogP contribution in [0.4, 0.5) is 0 Å². The Balaban J connectivity index is 2.14. The topological polar surface area (TPSA) is 67.4 Å². The lowest BCUT2D eigenvalue weighted by Gasteiger charge is -2.25. The lowest BCUT2D eigenvalue weighted by Crippen LogP contribution is -2.50. The van der Waals surface area contributed by atoms with Crippen LogP contribution in [-0.2, 0) is 4.79 Å². The number of benzene rings is 2. The van der Waals surface area contributed by atoms with Gasteiger partial charge >= 0.3 is 0 Å². The van der Waals surface area contributed by atoms with E-state index in [1.807, 2.05) is 71.0 Å². The summed E-state index contributed by atoms with van der Waals surface area (Å²) in [5.74, 6) is 0.203. The summed E-state index contributed by atoms with van der Waals surface area (Å²) < 4.78 is 5.42. The molecule has 150 valence electrons. The molecule has 5 heteroatoms. The highest BCUT2D eigenvalue weighted by Crippen LogP contribution is 2.26. The zero-order valence-electron chi connectivity index (χ0n) is 17.5. The molecule has 0 fully saturated rings. The van der Waals surface area contributed by atoms with Crippen molar-refractivity contribution < 1.29 is 14.3 Å². The van der Waals surface area contributed by atoms with Gasteiger partial charge in [-0.15, -0.1) is 0 Å². The van der Waals surface area contributed by atoms with Crippen molar-refractivity contribution in [1.82, 2.24) is 10.6 Å². The molecule has 0 heterocycles. The van der Waals surface area contributed by atoms with E-state index in [1.54, 1.807) is 13.2 Å². The minimum absolute atomic E-state index is 0.0552. The Morgan fingerprint density at radius 3 is 2.21 bits per heavy atom.